The molecule has 420 valence electrons. The molecule has 0 aliphatic carbocycles. The molecule has 0 saturated heterocycles. The van der Waals surface area contributed by atoms with Gasteiger partial charge < -0.3 is 33.3 Å². The van der Waals surface area contributed by atoms with Gasteiger partial charge in [0.25, 0.3) is 0 Å². The number of aliphatic carboxylic acids is 1. The largest absolute Gasteiger partial charge is 0.545 e. The molecule has 0 bridgehead atoms. The van der Waals surface area contributed by atoms with Crippen molar-refractivity contribution in [3.05, 3.63) is 85.1 Å². The molecule has 9 heteroatoms. The van der Waals surface area contributed by atoms with Crippen molar-refractivity contribution < 1.29 is 42.9 Å². The van der Waals surface area contributed by atoms with Gasteiger partial charge in [0.05, 0.1) is 40.3 Å². The summed E-state index contributed by atoms with van der Waals surface area (Å²) in [6.07, 6.45) is 69.1. The number of hydrogen-bond donors (Lipinski definition) is 0. The van der Waals surface area contributed by atoms with Crippen LogP contribution in [-0.2, 0) is 33.3 Å². The Kier molecular flexibility index (Phi) is 52.1. The topological polar surface area (TPSA) is 111 Å². The molecule has 0 aliphatic rings. The fourth-order valence-electron chi connectivity index (χ4n) is 8.06. The van der Waals surface area contributed by atoms with Crippen LogP contribution in [0.25, 0.3) is 0 Å². The van der Waals surface area contributed by atoms with Gasteiger partial charge in [-0.05, 0) is 89.9 Å². The van der Waals surface area contributed by atoms with Crippen LogP contribution in [0.1, 0.15) is 245 Å². The lowest BCUT2D eigenvalue weighted by atomic mass is 10.0. The van der Waals surface area contributed by atoms with E-state index in [-0.39, 0.29) is 38.6 Å². The molecule has 0 amide bonds. The van der Waals surface area contributed by atoms with Crippen molar-refractivity contribution in [1.29, 1.82) is 0 Å². The first-order valence-corrected chi connectivity index (χ1v) is 29.7. The van der Waals surface area contributed by atoms with E-state index in [1.807, 2.05) is 21.1 Å². The number of unbranched alkanes of at least 4 members (excludes halogenated alkanes) is 25. The summed E-state index contributed by atoms with van der Waals surface area (Å²) in [5.41, 5.74) is 0. The van der Waals surface area contributed by atoms with Gasteiger partial charge in [0.15, 0.2) is 12.4 Å². The molecule has 0 N–H and O–H groups in total. The minimum Gasteiger partial charge on any atom is -0.545 e. The molecule has 73 heavy (non-hydrogen) atoms. The van der Waals surface area contributed by atoms with Gasteiger partial charge in [0.1, 0.15) is 13.2 Å². The van der Waals surface area contributed by atoms with Crippen LogP contribution in [0, 0.1) is 0 Å². The zero-order valence-electron chi connectivity index (χ0n) is 47.7. The molecule has 0 rings (SSSR count). The van der Waals surface area contributed by atoms with Crippen molar-refractivity contribution in [3.8, 4) is 0 Å². The number of nitrogens with zero attached hydrogens (tertiary/aromatic N) is 1. The predicted molar refractivity (Wildman–Crippen MR) is 306 cm³/mol. The third-order valence-electron chi connectivity index (χ3n) is 12.6. The van der Waals surface area contributed by atoms with Crippen molar-refractivity contribution in [2.45, 2.75) is 257 Å². The standard InChI is InChI=1S/C64H111NO8/c1-6-8-10-12-14-16-18-20-22-24-26-28-29-30-31-32-33-35-36-38-40-42-44-46-48-50-52-54-61(66)71-58-60(59-72-64(63(68)69)70-57-56-65(3,4)5)73-62(67)55-53-51-49-47-45-43-41-39-37-34-27-25-23-21-19-17-15-13-11-9-7-2/h9,11,15,17-18,20-21,23-24,26-27,29-30,34,60,64H,6-8,10,12-14,16,19,22,25,28,31-33,35-59H2,1-5H3/b11-9-,17-15-,20-18-,23-21-,26-24-,30-29-,34-27-. The van der Waals surface area contributed by atoms with Gasteiger partial charge in [-0.1, -0.05) is 227 Å². The van der Waals surface area contributed by atoms with Gasteiger partial charge >= 0.3 is 11.9 Å². The van der Waals surface area contributed by atoms with E-state index in [1.54, 1.807) is 0 Å². The SMILES string of the molecule is CC/C=C\C/C=C\C/C=C\C/C=C\CCCCCCCCCCC(=O)OC(COC(=O)CCCCCCCCCCCCCC/C=C\C/C=C\C/C=C\CCCCCCC)COC(OCC[N+](C)(C)C)C(=O)[O-]. The zero-order valence-corrected chi connectivity index (χ0v) is 47.7. The highest BCUT2D eigenvalue weighted by Crippen LogP contribution is 2.16. The number of carbonyl (C=O) groups is 3. The highest BCUT2D eigenvalue weighted by Gasteiger charge is 2.22. The number of carboxylic acid groups (broad SMARTS) is 1. The Bertz CT molecular complexity index is 1470. The quantitative estimate of drug-likeness (QED) is 0.0195. The number of quaternary nitrogens is 1. The summed E-state index contributed by atoms with van der Waals surface area (Å²) < 4.78 is 22.7. The zero-order chi connectivity index (χ0) is 53.4. The lowest BCUT2D eigenvalue weighted by Crippen LogP contribution is -2.44. The number of rotatable bonds is 54. The molecule has 0 heterocycles. The maximum absolute atomic E-state index is 12.9. The number of carboxylic acids is 1. The Hall–Kier alpha value is -3.53. The van der Waals surface area contributed by atoms with Crippen LogP contribution in [0.2, 0.25) is 0 Å². The summed E-state index contributed by atoms with van der Waals surface area (Å²) in [4.78, 5) is 37.3. The molecule has 0 aromatic heterocycles. The second kappa shape index (κ2) is 54.7. The third-order valence-corrected chi connectivity index (χ3v) is 12.6. The van der Waals surface area contributed by atoms with Crippen molar-refractivity contribution in [1.82, 2.24) is 0 Å². The molecule has 9 nitrogen and oxygen atoms in total. The molecule has 0 aromatic carbocycles. The smallest absolute Gasteiger partial charge is 0.306 e. The maximum Gasteiger partial charge on any atom is 0.306 e. The van der Waals surface area contributed by atoms with E-state index in [0.717, 1.165) is 83.5 Å². The number of ether oxygens (including phenoxy) is 4. The van der Waals surface area contributed by atoms with Crippen molar-refractivity contribution >= 4 is 17.9 Å². The molecular weight excluding hydrogens is 911 g/mol. The van der Waals surface area contributed by atoms with E-state index in [1.165, 1.54) is 128 Å². The number of likely N-dealkylation sites (N-methyl/N-ethyl adjacent to an activating group) is 1. The third kappa shape index (κ3) is 56.0. The molecule has 2 unspecified atom stereocenters. The first-order valence-electron chi connectivity index (χ1n) is 29.7. The summed E-state index contributed by atoms with van der Waals surface area (Å²) in [6.45, 7) is 4.62. The second-order valence-corrected chi connectivity index (χ2v) is 20.9. The molecule has 0 aliphatic heterocycles. The first kappa shape index (κ1) is 69.5. The van der Waals surface area contributed by atoms with Crippen LogP contribution < -0.4 is 5.11 Å². The highest BCUT2D eigenvalue weighted by molar-refractivity contribution is 5.70. The lowest BCUT2D eigenvalue weighted by molar-refractivity contribution is -0.870. The average molecular weight is 1020 g/mol. The van der Waals surface area contributed by atoms with Crippen LogP contribution in [-0.4, -0.2) is 82.3 Å². The fourth-order valence-corrected chi connectivity index (χ4v) is 8.06. The predicted octanol–water partition coefficient (Wildman–Crippen LogP) is 16.2. The molecule has 0 fully saturated rings. The summed E-state index contributed by atoms with van der Waals surface area (Å²) in [5, 5.41) is 11.8. The van der Waals surface area contributed by atoms with Gasteiger partial charge in [0, 0.05) is 12.8 Å². The van der Waals surface area contributed by atoms with Crippen LogP contribution in [0.4, 0.5) is 0 Å². The molecule has 2 atom stereocenters. The molecular formula is C64H111NO8. The minimum absolute atomic E-state index is 0.142. The summed E-state index contributed by atoms with van der Waals surface area (Å²) in [6, 6.07) is 0. The highest BCUT2D eigenvalue weighted by atomic mass is 16.7. The Morgan fingerprint density at radius 2 is 0.781 bits per heavy atom. The average Bonchev–Trinajstić information content (AvgIpc) is 3.36. The number of hydrogen-bond acceptors (Lipinski definition) is 8. The van der Waals surface area contributed by atoms with Gasteiger partial charge in [0.2, 0.25) is 0 Å². The molecule has 0 aromatic rings. The second-order valence-electron chi connectivity index (χ2n) is 20.9. The van der Waals surface area contributed by atoms with E-state index < -0.39 is 24.3 Å². The Balaban J connectivity index is 4.24. The molecule has 0 saturated carbocycles. The van der Waals surface area contributed by atoms with E-state index in [9.17, 15) is 19.5 Å². The number of carbonyl (C=O) groups excluding carboxylic acids is 3. The van der Waals surface area contributed by atoms with Crippen molar-refractivity contribution in [2.24, 2.45) is 0 Å². The maximum atomic E-state index is 12.9. The summed E-state index contributed by atoms with van der Waals surface area (Å²) in [5.74, 6) is -2.30. The lowest BCUT2D eigenvalue weighted by Gasteiger charge is -2.26. The first-order chi connectivity index (χ1) is 35.6. The number of esters is 2. The molecule has 0 radical (unpaired) electrons. The van der Waals surface area contributed by atoms with Gasteiger partial charge in [-0.2, -0.15) is 0 Å². The Morgan fingerprint density at radius 3 is 1.16 bits per heavy atom. The normalized spacial score (nSPS) is 13.4. The Morgan fingerprint density at radius 1 is 0.425 bits per heavy atom. The fraction of sp³-hybridized carbons (Fsp3) is 0.734. The van der Waals surface area contributed by atoms with Crippen LogP contribution >= 0.6 is 0 Å². The van der Waals surface area contributed by atoms with Crippen LogP contribution in [0.5, 0.6) is 0 Å². The monoisotopic (exact) mass is 1020 g/mol. The van der Waals surface area contributed by atoms with E-state index in [4.69, 9.17) is 18.9 Å². The van der Waals surface area contributed by atoms with Crippen molar-refractivity contribution in [2.75, 3.05) is 47.5 Å². The number of allylic oxidation sites excluding steroid dienone is 14. The molecule has 0 spiro atoms. The van der Waals surface area contributed by atoms with Crippen LogP contribution in [0.3, 0.4) is 0 Å². The summed E-state index contributed by atoms with van der Waals surface area (Å²) in [7, 11) is 5.92. The van der Waals surface area contributed by atoms with Gasteiger partial charge in [-0.25, -0.2) is 0 Å². The Labute approximate surface area is 449 Å². The van der Waals surface area contributed by atoms with E-state index in [2.05, 4.69) is 98.9 Å². The van der Waals surface area contributed by atoms with E-state index in [0.29, 0.717) is 17.4 Å². The van der Waals surface area contributed by atoms with Crippen molar-refractivity contribution in [3.63, 3.8) is 0 Å². The van der Waals surface area contributed by atoms with Crippen LogP contribution in [0.15, 0.2) is 85.1 Å². The van der Waals surface area contributed by atoms with E-state index >= 15 is 0 Å². The van der Waals surface area contributed by atoms with Gasteiger partial charge in [-0.15, -0.1) is 0 Å². The van der Waals surface area contributed by atoms with Gasteiger partial charge in [-0.3, -0.25) is 9.59 Å². The summed E-state index contributed by atoms with van der Waals surface area (Å²) >= 11 is 0. The minimum atomic E-state index is -1.63.